The summed E-state index contributed by atoms with van der Waals surface area (Å²) in [5.74, 6) is -1.23. The maximum absolute atomic E-state index is 14.3. The average Bonchev–Trinajstić information content (AvgIpc) is 3.58. The SMILES string of the molecule is Cc1cn(CC(=O)N(CC(=O)OC(C)(C)C)C[C@H](CSC(c2ccccc2)(c2ccccc2)c2ccccc2)NC(=O)OCC2c3ccccc3-c3ccccc32)c(=O)[nH]c1=O. The van der Waals surface area contributed by atoms with Gasteiger partial charge in [0, 0.05) is 30.0 Å². The van der Waals surface area contributed by atoms with E-state index in [-0.39, 0.29) is 30.4 Å². The number of aromatic amines is 1. The first kappa shape index (κ1) is 43.4. The molecule has 11 nitrogen and oxygen atoms in total. The first-order chi connectivity index (χ1) is 29.8. The molecule has 12 heteroatoms. The number of fused-ring (bicyclic) bond motifs is 3. The minimum Gasteiger partial charge on any atom is -0.459 e. The van der Waals surface area contributed by atoms with Crippen LogP contribution in [0.25, 0.3) is 11.1 Å². The quantitative estimate of drug-likeness (QED) is 0.0794. The molecule has 62 heavy (non-hydrogen) atoms. The fourth-order valence-electron chi connectivity index (χ4n) is 7.97. The van der Waals surface area contributed by atoms with E-state index in [4.69, 9.17) is 9.47 Å². The van der Waals surface area contributed by atoms with Crippen molar-refractivity contribution >= 4 is 29.7 Å². The van der Waals surface area contributed by atoms with Crippen LogP contribution >= 0.6 is 11.8 Å². The van der Waals surface area contributed by atoms with E-state index in [0.717, 1.165) is 43.5 Å². The molecular formula is C50H50N4O7S. The topological polar surface area (TPSA) is 140 Å². The standard InChI is InChI=1S/C50H50N4O7S/c1-34-28-54(47(58)52-46(34)57)30-44(55)53(31-45(56)61-49(2,3)4)29-38(51-48(59)60-32-43-41-26-16-14-24-39(41)40-25-15-17-27-42(40)43)33-62-50(35-18-8-5-9-19-35,36-20-10-6-11-21-36)37-22-12-7-13-23-37/h5-28,38,43H,29-33H2,1-4H3,(H,51,59)(H,52,57,58)/t38-/m1/s1. The lowest BCUT2D eigenvalue weighted by Gasteiger charge is -2.37. The van der Waals surface area contributed by atoms with Crippen LogP contribution in [0.1, 0.15) is 60.1 Å². The van der Waals surface area contributed by atoms with Crippen LogP contribution in [-0.4, -0.2) is 69.5 Å². The van der Waals surface area contributed by atoms with Crippen LogP contribution < -0.4 is 16.6 Å². The fourth-order valence-corrected chi connectivity index (χ4v) is 9.52. The molecule has 0 unspecified atom stereocenters. The van der Waals surface area contributed by atoms with Crippen LogP contribution in [0.15, 0.2) is 155 Å². The van der Waals surface area contributed by atoms with Crippen molar-refractivity contribution in [2.45, 2.75) is 56.5 Å². The predicted octanol–water partition coefficient (Wildman–Crippen LogP) is 7.65. The summed E-state index contributed by atoms with van der Waals surface area (Å²) in [5, 5.41) is 3.07. The summed E-state index contributed by atoms with van der Waals surface area (Å²) >= 11 is 1.58. The van der Waals surface area contributed by atoms with Crippen molar-refractivity contribution in [3.05, 3.63) is 200 Å². The molecule has 0 saturated carbocycles. The molecular weight excluding hydrogens is 801 g/mol. The second kappa shape index (κ2) is 18.9. The lowest BCUT2D eigenvalue weighted by Crippen LogP contribution is -2.51. The van der Waals surface area contributed by atoms with E-state index in [0.29, 0.717) is 0 Å². The summed E-state index contributed by atoms with van der Waals surface area (Å²) in [6.07, 6.45) is 0.611. The molecule has 6 aromatic rings. The summed E-state index contributed by atoms with van der Waals surface area (Å²) in [7, 11) is 0. The van der Waals surface area contributed by atoms with E-state index in [1.54, 1.807) is 32.5 Å². The number of aryl methyl sites for hydroxylation is 1. The van der Waals surface area contributed by atoms with Gasteiger partial charge in [0.2, 0.25) is 5.91 Å². The van der Waals surface area contributed by atoms with Crippen LogP contribution in [0.5, 0.6) is 0 Å². The van der Waals surface area contributed by atoms with Crippen molar-refractivity contribution < 1.29 is 23.9 Å². The Morgan fingerprint density at radius 3 is 1.77 bits per heavy atom. The smallest absolute Gasteiger partial charge is 0.407 e. The number of nitrogens with zero attached hydrogens (tertiary/aromatic N) is 2. The summed E-state index contributed by atoms with van der Waals surface area (Å²) in [4.78, 5) is 70.4. The number of carbonyl (C=O) groups is 3. The first-order valence-corrected chi connectivity index (χ1v) is 21.5. The van der Waals surface area contributed by atoms with Gasteiger partial charge in [-0.3, -0.25) is 23.9 Å². The number of H-pyrrole nitrogens is 1. The van der Waals surface area contributed by atoms with Gasteiger partial charge in [-0.05, 0) is 66.6 Å². The Labute approximate surface area is 365 Å². The number of aromatic nitrogens is 2. The monoisotopic (exact) mass is 850 g/mol. The first-order valence-electron chi connectivity index (χ1n) is 20.5. The van der Waals surface area contributed by atoms with Crippen LogP contribution in [0, 0.1) is 6.92 Å². The molecule has 2 N–H and O–H groups in total. The third-order valence-corrected chi connectivity index (χ3v) is 12.4. The van der Waals surface area contributed by atoms with Gasteiger partial charge in [0.25, 0.3) is 5.56 Å². The molecule has 0 fully saturated rings. The van der Waals surface area contributed by atoms with Crippen LogP contribution in [-0.2, 0) is 30.4 Å². The molecule has 1 atom stereocenters. The molecule has 5 aromatic carbocycles. The highest BCUT2D eigenvalue weighted by molar-refractivity contribution is 8.00. The normalized spacial score (nSPS) is 12.8. The fraction of sp³-hybridized carbons (Fsp3) is 0.260. The van der Waals surface area contributed by atoms with E-state index in [9.17, 15) is 24.0 Å². The third kappa shape index (κ3) is 9.92. The van der Waals surface area contributed by atoms with Crippen molar-refractivity contribution in [1.29, 1.82) is 0 Å². The number of alkyl carbamates (subject to hydrolysis) is 1. The molecule has 0 saturated heterocycles. The third-order valence-electron chi connectivity index (χ3n) is 10.7. The van der Waals surface area contributed by atoms with Gasteiger partial charge in [-0.25, -0.2) is 9.59 Å². The van der Waals surface area contributed by atoms with Gasteiger partial charge in [0.05, 0.1) is 10.8 Å². The summed E-state index contributed by atoms with van der Waals surface area (Å²) < 4.78 is 12.0. The number of rotatable bonds is 15. The average molecular weight is 851 g/mol. The molecule has 318 valence electrons. The molecule has 0 bridgehead atoms. The number of hydrogen-bond acceptors (Lipinski definition) is 8. The molecule has 0 radical (unpaired) electrons. The Morgan fingerprint density at radius 2 is 1.26 bits per heavy atom. The molecule has 2 amide bonds. The summed E-state index contributed by atoms with van der Waals surface area (Å²) in [6, 6.07) is 45.6. The second-order valence-corrected chi connectivity index (χ2v) is 17.6. The zero-order valence-electron chi connectivity index (χ0n) is 35.2. The number of carbonyl (C=O) groups excluding carboxylic acids is 3. The Kier molecular flexibility index (Phi) is 13.3. The molecule has 0 spiro atoms. The number of hydrogen-bond donors (Lipinski definition) is 2. The number of ether oxygens (including phenoxy) is 2. The second-order valence-electron chi connectivity index (χ2n) is 16.3. The summed E-state index contributed by atoms with van der Waals surface area (Å²) in [5.41, 5.74) is 5.36. The Bertz CT molecular complexity index is 2500. The van der Waals surface area contributed by atoms with Crippen LogP contribution in [0.4, 0.5) is 4.79 Å². The van der Waals surface area contributed by atoms with E-state index in [2.05, 4.69) is 58.8 Å². The molecule has 7 rings (SSSR count). The molecule has 1 heterocycles. The molecule has 0 aliphatic heterocycles. The number of amides is 2. The van der Waals surface area contributed by atoms with E-state index in [1.165, 1.54) is 18.0 Å². The highest BCUT2D eigenvalue weighted by Crippen LogP contribution is 2.49. The largest absolute Gasteiger partial charge is 0.459 e. The Hall–Kier alpha value is -6.66. The van der Waals surface area contributed by atoms with Crippen LogP contribution in [0.3, 0.4) is 0 Å². The lowest BCUT2D eigenvalue weighted by molar-refractivity contribution is -0.159. The highest BCUT2D eigenvalue weighted by Gasteiger charge is 2.39. The van der Waals surface area contributed by atoms with Crippen molar-refractivity contribution in [1.82, 2.24) is 19.8 Å². The minimum atomic E-state index is -0.853. The number of nitrogens with one attached hydrogen (secondary N) is 2. The van der Waals surface area contributed by atoms with Crippen molar-refractivity contribution in [3.8, 4) is 11.1 Å². The molecule has 1 aliphatic rings. The van der Waals surface area contributed by atoms with E-state index >= 15 is 0 Å². The summed E-state index contributed by atoms with van der Waals surface area (Å²) in [6.45, 7) is 5.68. The van der Waals surface area contributed by atoms with Gasteiger partial charge < -0.3 is 19.7 Å². The van der Waals surface area contributed by atoms with Gasteiger partial charge in [-0.2, -0.15) is 0 Å². The van der Waals surface area contributed by atoms with Gasteiger partial charge in [-0.1, -0.05) is 140 Å². The minimum absolute atomic E-state index is 0.0662. The van der Waals surface area contributed by atoms with Gasteiger partial charge in [-0.15, -0.1) is 11.8 Å². The zero-order valence-corrected chi connectivity index (χ0v) is 36.0. The molecule has 1 aromatic heterocycles. The number of benzene rings is 5. The highest BCUT2D eigenvalue weighted by atomic mass is 32.2. The van der Waals surface area contributed by atoms with Crippen molar-refractivity contribution in [2.75, 3.05) is 25.4 Å². The maximum Gasteiger partial charge on any atom is 0.407 e. The number of esters is 1. The van der Waals surface area contributed by atoms with Crippen molar-refractivity contribution in [2.24, 2.45) is 0 Å². The van der Waals surface area contributed by atoms with Gasteiger partial charge in [0.15, 0.2) is 0 Å². The number of thioether (sulfide) groups is 1. The predicted molar refractivity (Wildman–Crippen MR) is 242 cm³/mol. The van der Waals surface area contributed by atoms with E-state index < -0.39 is 58.7 Å². The van der Waals surface area contributed by atoms with Crippen LogP contribution in [0.2, 0.25) is 0 Å². The van der Waals surface area contributed by atoms with Crippen molar-refractivity contribution in [3.63, 3.8) is 0 Å². The maximum atomic E-state index is 14.3. The molecule has 1 aliphatic carbocycles. The lowest BCUT2D eigenvalue weighted by atomic mass is 9.84. The van der Waals surface area contributed by atoms with E-state index in [1.807, 2.05) is 91.0 Å². The van der Waals surface area contributed by atoms with Gasteiger partial charge >= 0.3 is 17.8 Å². The van der Waals surface area contributed by atoms with Gasteiger partial charge in [0.1, 0.15) is 25.3 Å². The Balaban J connectivity index is 1.24. The Morgan fingerprint density at radius 1 is 0.758 bits per heavy atom. The zero-order chi connectivity index (χ0) is 43.9.